The molecular formula is C12H17N3O3. The number of carboxylic acid groups (broad SMARTS) is 1. The minimum absolute atomic E-state index is 0.0160. The fourth-order valence-electron chi connectivity index (χ4n) is 1.85. The second-order valence-corrected chi connectivity index (χ2v) is 4.33. The molecule has 0 bridgehead atoms. The normalized spacial score (nSPS) is 14.5. The van der Waals surface area contributed by atoms with Gasteiger partial charge in [0.05, 0.1) is 12.3 Å². The third-order valence-corrected chi connectivity index (χ3v) is 2.92. The van der Waals surface area contributed by atoms with Crippen LogP contribution in [0.3, 0.4) is 0 Å². The highest BCUT2D eigenvalue weighted by atomic mass is 16.5. The molecule has 1 fully saturated rings. The van der Waals surface area contributed by atoms with Gasteiger partial charge in [-0.3, -0.25) is 0 Å². The Hall–Kier alpha value is -1.82. The number of anilines is 2. The van der Waals surface area contributed by atoms with Crippen molar-refractivity contribution < 1.29 is 14.6 Å². The summed E-state index contributed by atoms with van der Waals surface area (Å²) in [7, 11) is 1.63. The molecule has 1 aromatic rings. The van der Waals surface area contributed by atoms with Crippen molar-refractivity contribution in [2.45, 2.75) is 18.9 Å². The average molecular weight is 251 g/mol. The van der Waals surface area contributed by atoms with Crippen LogP contribution >= 0.6 is 0 Å². The Bertz CT molecular complexity index is 446. The van der Waals surface area contributed by atoms with E-state index in [2.05, 4.69) is 4.98 Å². The predicted octanol–water partition coefficient (Wildman–Crippen LogP) is 0.977. The smallest absolute Gasteiger partial charge is 0.354 e. The summed E-state index contributed by atoms with van der Waals surface area (Å²) in [6, 6.07) is 3.41. The molecule has 1 heterocycles. The van der Waals surface area contributed by atoms with Crippen molar-refractivity contribution in [3.05, 3.63) is 17.8 Å². The van der Waals surface area contributed by atoms with Crippen LogP contribution in [0, 0.1) is 0 Å². The van der Waals surface area contributed by atoms with Crippen molar-refractivity contribution in [2.75, 3.05) is 30.9 Å². The lowest BCUT2D eigenvalue weighted by Gasteiger charge is -2.24. The standard InChI is InChI=1S/C12H17N3O3/c1-18-7-6-15(8-2-3-8)11-9(13)4-5-10(14-11)12(16)17/h4-5,8H,2-3,6-7,13H2,1H3,(H,16,17). The van der Waals surface area contributed by atoms with E-state index in [1.54, 1.807) is 13.2 Å². The van der Waals surface area contributed by atoms with Gasteiger partial charge >= 0.3 is 5.97 Å². The Kier molecular flexibility index (Phi) is 3.66. The summed E-state index contributed by atoms with van der Waals surface area (Å²) in [4.78, 5) is 17.1. The van der Waals surface area contributed by atoms with Gasteiger partial charge in [0.25, 0.3) is 0 Å². The summed E-state index contributed by atoms with van der Waals surface area (Å²) >= 11 is 0. The Morgan fingerprint density at radius 2 is 2.33 bits per heavy atom. The second-order valence-electron chi connectivity index (χ2n) is 4.33. The van der Waals surface area contributed by atoms with Crippen LogP contribution in [0.2, 0.25) is 0 Å². The topological polar surface area (TPSA) is 88.7 Å². The van der Waals surface area contributed by atoms with E-state index in [-0.39, 0.29) is 5.69 Å². The molecule has 6 nitrogen and oxygen atoms in total. The molecular weight excluding hydrogens is 234 g/mol. The molecule has 3 N–H and O–H groups in total. The van der Waals surface area contributed by atoms with E-state index in [1.165, 1.54) is 6.07 Å². The fourth-order valence-corrected chi connectivity index (χ4v) is 1.85. The fraction of sp³-hybridized carbons (Fsp3) is 0.500. The van der Waals surface area contributed by atoms with Crippen molar-refractivity contribution in [2.24, 2.45) is 0 Å². The number of pyridine rings is 1. The van der Waals surface area contributed by atoms with E-state index in [9.17, 15) is 4.79 Å². The second kappa shape index (κ2) is 5.22. The summed E-state index contributed by atoms with van der Waals surface area (Å²) in [6.45, 7) is 1.23. The van der Waals surface area contributed by atoms with E-state index in [4.69, 9.17) is 15.6 Å². The Morgan fingerprint density at radius 3 is 2.89 bits per heavy atom. The van der Waals surface area contributed by atoms with Crippen LogP contribution in [0.4, 0.5) is 11.5 Å². The first-order chi connectivity index (χ1) is 8.63. The maximum Gasteiger partial charge on any atom is 0.354 e. The van der Waals surface area contributed by atoms with Crippen LogP contribution in [0.1, 0.15) is 23.3 Å². The Labute approximate surface area is 105 Å². The quantitative estimate of drug-likeness (QED) is 0.783. The van der Waals surface area contributed by atoms with Crippen molar-refractivity contribution in [1.82, 2.24) is 4.98 Å². The summed E-state index contributed by atoms with van der Waals surface area (Å²) in [6.07, 6.45) is 2.17. The first-order valence-electron chi connectivity index (χ1n) is 5.89. The summed E-state index contributed by atoms with van der Waals surface area (Å²) in [5.41, 5.74) is 6.41. The predicted molar refractivity (Wildman–Crippen MR) is 67.9 cm³/mol. The third kappa shape index (κ3) is 2.70. The number of hydrogen-bond donors (Lipinski definition) is 2. The number of nitrogens with zero attached hydrogens (tertiary/aromatic N) is 2. The van der Waals surface area contributed by atoms with Crippen LogP contribution in [-0.2, 0) is 4.74 Å². The highest BCUT2D eigenvalue weighted by Crippen LogP contribution is 2.33. The van der Waals surface area contributed by atoms with Crippen LogP contribution in [0.5, 0.6) is 0 Å². The molecule has 98 valence electrons. The van der Waals surface area contributed by atoms with Crippen LogP contribution in [0.25, 0.3) is 0 Å². The summed E-state index contributed by atoms with van der Waals surface area (Å²) in [5.74, 6) is -0.492. The molecule has 1 aliphatic carbocycles. The average Bonchev–Trinajstić information content (AvgIpc) is 3.15. The molecule has 1 aliphatic rings. The van der Waals surface area contributed by atoms with E-state index >= 15 is 0 Å². The lowest BCUT2D eigenvalue weighted by Crippen LogP contribution is -2.31. The van der Waals surface area contributed by atoms with Crippen LogP contribution in [0.15, 0.2) is 12.1 Å². The molecule has 6 heteroatoms. The molecule has 2 rings (SSSR count). The van der Waals surface area contributed by atoms with Gasteiger partial charge in [-0.1, -0.05) is 0 Å². The monoisotopic (exact) mass is 251 g/mol. The summed E-state index contributed by atoms with van der Waals surface area (Å²) in [5, 5.41) is 8.97. The van der Waals surface area contributed by atoms with E-state index in [0.717, 1.165) is 12.8 Å². The third-order valence-electron chi connectivity index (χ3n) is 2.92. The number of ether oxygens (including phenoxy) is 1. The molecule has 1 saturated carbocycles. The van der Waals surface area contributed by atoms with Gasteiger partial charge in [-0.25, -0.2) is 9.78 Å². The zero-order valence-corrected chi connectivity index (χ0v) is 10.3. The number of rotatable bonds is 6. The van der Waals surface area contributed by atoms with Crippen LogP contribution in [-0.4, -0.2) is 42.4 Å². The van der Waals surface area contributed by atoms with Crippen molar-refractivity contribution in [3.63, 3.8) is 0 Å². The van der Waals surface area contributed by atoms with Gasteiger partial charge in [0, 0.05) is 19.7 Å². The molecule has 0 aliphatic heterocycles. The molecule has 0 atom stereocenters. The molecule has 1 aromatic heterocycles. The lowest BCUT2D eigenvalue weighted by atomic mass is 10.3. The van der Waals surface area contributed by atoms with E-state index in [1.807, 2.05) is 4.90 Å². The minimum Gasteiger partial charge on any atom is -0.477 e. The van der Waals surface area contributed by atoms with Gasteiger partial charge in [-0.2, -0.15) is 0 Å². The van der Waals surface area contributed by atoms with Gasteiger partial charge in [-0.15, -0.1) is 0 Å². The van der Waals surface area contributed by atoms with Crippen molar-refractivity contribution >= 4 is 17.5 Å². The lowest BCUT2D eigenvalue weighted by molar-refractivity contribution is 0.0690. The van der Waals surface area contributed by atoms with Gasteiger partial charge in [-0.05, 0) is 25.0 Å². The summed E-state index contributed by atoms with van der Waals surface area (Å²) < 4.78 is 5.06. The number of methoxy groups -OCH3 is 1. The van der Waals surface area contributed by atoms with Gasteiger partial charge in [0.1, 0.15) is 0 Å². The SMILES string of the molecule is COCCN(c1nc(C(=O)O)ccc1N)C1CC1. The minimum atomic E-state index is -1.04. The number of aromatic carboxylic acids is 1. The zero-order chi connectivity index (χ0) is 13.1. The molecule has 0 spiro atoms. The number of nitrogens with two attached hydrogens (primary N) is 1. The number of nitrogen functional groups attached to an aromatic ring is 1. The molecule has 0 radical (unpaired) electrons. The van der Waals surface area contributed by atoms with Gasteiger partial charge in [0.2, 0.25) is 0 Å². The van der Waals surface area contributed by atoms with Crippen molar-refractivity contribution in [3.8, 4) is 0 Å². The highest BCUT2D eigenvalue weighted by molar-refractivity contribution is 5.87. The number of aromatic nitrogens is 1. The molecule has 0 unspecified atom stereocenters. The molecule has 0 amide bonds. The van der Waals surface area contributed by atoms with Crippen LogP contribution < -0.4 is 10.6 Å². The molecule has 18 heavy (non-hydrogen) atoms. The first-order valence-corrected chi connectivity index (χ1v) is 5.89. The van der Waals surface area contributed by atoms with Crippen molar-refractivity contribution in [1.29, 1.82) is 0 Å². The maximum atomic E-state index is 10.9. The van der Waals surface area contributed by atoms with Gasteiger partial charge in [0.15, 0.2) is 11.5 Å². The largest absolute Gasteiger partial charge is 0.477 e. The highest BCUT2D eigenvalue weighted by Gasteiger charge is 2.31. The first kappa shape index (κ1) is 12.6. The zero-order valence-electron chi connectivity index (χ0n) is 10.3. The van der Waals surface area contributed by atoms with Gasteiger partial charge < -0.3 is 20.5 Å². The van der Waals surface area contributed by atoms with E-state index < -0.39 is 5.97 Å². The maximum absolute atomic E-state index is 10.9. The molecule has 0 aromatic carbocycles. The number of hydrogen-bond acceptors (Lipinski definition) is 5. The number of carbonyl (C=O) groups is 1. The number of carboxylic acids is 1. The van der Waals surface area contributed by atoms with E-state index in [0.29, 0.717) is 30.7 Å². The Morgan fingerprint density at radius 1 is 1.61 bits per heavy atom. The Balaban J connectivity index is 2.27. The molecule has 0 saturated heterocycles.